The molecule has 0 radical (unpaired) electrons. The molecule has 1 aromatic heterocycles. The van der Waals surface area contributed by atoms with Gasteiger partial charge in [-0.05, 0) is 51.0 Å². The largest absolute Gasteiger partial charge is 0.372 e. The Bertz CT molecular complexity index is 736. The molecule has 2 N–H and O–H groups in total. The zero-order valence-electron chi connectivity index (χ0n) is 16.2. The SMILES string of the molecule is CCN(CC)c1ccc(NC(=O)c2cc(NC3CCCCC3)ncn2)cc1. The van der Waals surface area contributed by atoms with Gasteiger partial charge in [-0.3, -0.25) is 4.79 Å². The summed E-state index contributed by atoms with van der Waals surface area (Å²) in [6.45, 7) is 6.18. The Morgan fingerprint density at radius 1 is 1.07 bits per heavy atom. The van der Waals surface area contributed by atoms with Crippen molar-refractivity contribution in [3.05, 3.63) is 42.4 Å². The van der Waals surface area contributed by atoms with E-state index in [9.17, 15) is 4.79 Å². The maximum Gasteiger partial charge on any atom is 0.274 e. The van der Waals surface area contributed by atoms with Crippen LogP contribution >= 0.6 is 0 Å². The Morgan fingerprint density at radius 2 is 1.78 bits per heavy atom. The van der Waals surface area contributed by atoms with Gasteiger partial charge in [0.15, 0.2) is 0 Å². The topological polar surface area (TPSA) is 70.2 Å². The van der Waals surface area contributed by atoms with Crippen LogP contribution in [0.5, 0.6) is 0 Å². The third-order valence-corrected chi connectivity index (χ3v) is 5.11. The molecular formula is C21H29N5O. The summed E-state index contributed by atoms with van der Waals surface area (Å²) >= 11 is 0. The summed E-state index contributed by atoms with van der Waals surface area (Å²) in [6, 6.07) is 10.1. The van der Waals surface area contributed by atoms with Crippen LogP contribution in [-0.2, 0) is 0 Å². The third-order valence-electron chi connectivity index (χ3n) is 5.11. The molecule has 1 saturated carbocycles. The molecule has 6 nitrogen and oxygen atoms in total. The van der Waals surface area contributed by atoms with Crippen molar-refractivity contribution in [2.45, 2.75) is 52.0 Å². The first-order valence-electron chi connectivity index (χ1n) is 9.94. The van der Waals surface area contributed by atoms with Gasteiger partial charge in [-0.25, -0.2) is 9.97 Å². The molecule has 0 unspecified atom stereocenters. The number of amides is 1. The first-order chi connectivity index (χ1) is 13.2. The molecule has 0 saturated heterocycles. The summed E-state index contributed by atoms with van der Waals surface area (Å²) in [7, 11) is 0. The van der Waals surface area contributed by atoms with Crippen molar-refractivity contribution in [2.75, 3.05) is 28.6 Å². The fourth-order valence-electron chi connectivity index (χ4n) is 3.56. The smallest absolute Gasteiger partial charge is 0.274 e. The second-order valence-corrected chi connectivity index (χ2v) is 6.94. The molecule has 0 spiro atoms. The normalized spacial score (nSPS) is 14.6. The quantitative estimate of drug-likeness (QED) is 0.763. The Labute approximate surface area is 161 Å². The van der Waals surface area contributed by atoms with Crippen LogP contribution in [0.25, 0.3) is 0 Å². The molecule has 1 aliphatic rings. The van der Waals surface area contributed by atoms with E-state index in [-0.39, 0.29) is 5.91 Å². The Morgan fingerprint density at radius 3 is 2.44 bits per heavy atom. The zero-order chi connectivity index (χ0) is 19.1. The molecular weight excluding hydrogens is 338 g/mol. The van der Waals surface area contributed by atoms with Gasteiger partial charge >= 0.3 is 0 Å². The number of nitrogens with one attached hydrogen (secondary N) is 2. The van der Waals surface area contributed by atoms with Gasteiger partial charge in [0.1, 0.15) is 17.8 Å². The average molecular weight is 367 g/mol. The van der Waals surface area contributed by atoms with E-state index in [1.54, 1.807) is 6.07 Å². The van der Waals surface area contributed by atoms with Gasteiger partial charge in [0.25, 0.3) is 5.91 Å². The van der Waals surface area contributed by atoms with Crippen molar-refractivity contribution < 1.29 is 4.79 Å². The fourth-order valence-corrected chi connectivity index (χ4v) is 3.56. The molecule has 1 aromatic carbocycles. The molecule has 2 aromatic rings. The van der Waals surface area contributed by atoms with Gasteiger partial charge in [0.05, 0.1) is 0 Å². The number of aromatic nitrogens is 2. The van der Waals surface area contributed by atoms with Gasteiger partial charge in [0.2, 0.25) is 0 Å². The number of benzene rings is 1. The molecule has 1 aliphatic carbocycles. The monoisotopic (exact) mass is 367 g/mol. The lowest BCUT2D eigenvalue weighted by Gasteiger charge is -2.23. The minimum absolute atomic E-state index is 0.223. The minimum atomic E-state index is -0.223. The van der Waals surface area contributed by atoms with Crippen LogP contribution in [0.2, 0.25) is 0 Å². The zero-order valence-corrected chi connectivity index (χ0v) is 16.2. The summed E-state index contributed by atoms with van der Waals surface area (Å²) in [5, 5.41) is 6.35. The van der Waals surface area contributed by atoms with Crippen LogP contribution in [0.15, 0.2) is 36.7 Å². The molecule has 144 valence electrons. The van der Waals surface area contributed by atoms with Crippen molar-refractivity contribution in [1.29, 1.82) is 0 Å². The number of anilines is 3. The molecule has 27 heavy (non-hydrogen) atoms. The van der Waals surface area contributed by atoms with Crippen molar-refractivity contribution >= 4 is 23.1 Å². The molecule has 0 aliphatic heterocycles. The first kappa shape index (κ1) is 19.1. The van der Waals surface area contributed by atoms with Crippen LogP contribution in [0.3, 0.4) is 0 Å². The Balaban J connectivity index is 1.62. The van der Waals surface area contributed by atoms with E-state index in [4.69, 9.17) is 0 Å². The highest BCUT2D eigenvalue weighted by Gasteiger charge is 2.15. The van der Waals surface area contributed by atoms with E-state index in [0.29, 0.717) is 11.7 Å². The number of carbonyl (C=O) groups excluding carboxylic acids is 1. The first-order valence-corrected chi connectivity index (χ1v) is 9.94. The van der Waals surface area contributed by atoms with E-state index >= 15 is 0 Å². The van der Waals surface area contributed by atoms with Gasteiger partial charge in [-0.1, -0.05) is 19.3 Å². The summed E-state index contributed by atoms with van der Waals surface area (Å²) in [5.74, 6) is 0.499. The van der Waals surface area contributed by atoms with Gasteiger partial charge in [0, 0.05) is 36.6 Å². The summed E-state index contributed by atoms with van der Waals surface area (Å²) in [6.07, 6.45) is 7.57. The lowest BCUT2D eigenvalue weighted by molar-refractivity contribution is 0.102. The summed E-state index contributed by atoms with van der Waals surface area (Å²) in [4.78, 5) is 23.2. The van der Waals surface area contributed by atoms with E-state index in [2.05, 4.69) is 39.3 Å². The molecule has 1 amide bonds. The van der Waals surface area contributed by atoms with Crippen LogP contribution in [0.4, 0.5) is 17.2 Å². The van der Waals surface area contributed by atoms with Crippen LogP contribution < -0.4 is 15.5 Å². The standard InChI is InChI=1S/C21H29N5O/c1-3-26(4-2)18-12-10-17(11-13-18)25-21(27)19-14-20(23-15-22-19)24-16-8-6-5-7-9-16/h10-16H,3-9H2,1-2H3,(H,25,27)(H,22,23,24). The number of carbonyl (C=O) groups is 1. The third kappa shape index (κ3) is 5.18. The number of nitrogens with zero attached hydrogens (tertiary/aromatic N) is 3. The average Bonchev–Trinajstić information content (AvgIpc) is 2.71. The molecule has 6 heteroatoms. The van der Waals surface area contributed by atoms with Crippen LogP contribution in [0.1, 0.15) is 56.4 Å². The highest BCUT2D eigenvalue weighted by atomic mass is 16.1. The van der Waals surface area contributed by atoms with Gasteiger partial charge in [-0.2, -0.15) is 0 Å². The maximum atomic E-state index is 12.6. The Hall–Kier alpha value is -2.63. The summed E-state index contributed by atoms with van der Waals surface area (Å²) in [5.41, 5.74) is 2.28. The molecule has 0 atom stereocenters. The van der Waals surface area contributed by atoms with Crippen molar-refractivity contribution in [1.82, 2.24) is 9.97 Å². The predicted molar refractivity (Wildman–Crippen MR) is 110 cm³/mol. The molecule has 0 bridgehead atoms. The van der Waals surface area contributed by atoms with Gasteiger partial charge in [-0.15, -0.1) is 0 Å². The van der Waals surface area contributed by atoms with Gasteiger partial charge < -0.3 is 15.5 Å². The van der Waals surface area contributed by atoms with Crippen molar-refractivity contribution in [3.8, 4) is 0 Å². The second-order valence-electron chi connectivity index (χ2n) is 6.94. The molecule has 3 rings (SSSR count). The fraction of sp³-hybridized carbons (Fsp3) is 0.476. The maximum absolute atomic E-state index is 12.6. The molecule has 1 heterocycles. The Kier molecular flexibility index (Phi) is 6.63. The van der Waals surface area contributed by atoms with E-state index in [0.717, 1.165) is 43.1 Å². The highest BCUT2D eigenvalue weighted by molar-refractivity contribution is 6.03. The van der Waals surface area contributed by atoms with Crippen LogP contribution in [-0.4, -0.2) is 35.0 Å². The van der Waals surface area contributed by atoms with Crippen molar-refractivity contribution in [3.63, 3.8) is 0 Å². The number of hydrogen-bond acceptors (Lipinski definition) is 5. The van der Waals surface area contributed by atoms with E-state index < -0.39 is 0 Å². The van der Waals surface area contributed by atoms with Crippen LogP contribution in [0, 0.1) is 0 Å². The number of rotatable bonds is 7. The van der Waals surface area contributed by atoms with Crippen molar-refractivity contribution in [2.24, 2.45) is 0 Å². The second kappa shape index (κ2) is 9.35. The van der Waals surface area contributed by atoms with E-state index in [1.165, 1.54) is 25.6 Å². The number of hydrogen-bond donors (Lipinski definition) is 2. The predicted octanol–water partition coefficient (Wildman–Crippen LogP) is 4.32. The lowest BCUT2D eigenvalue weighted by atomic mass is 9.95. The lowest BCUT2D eigenvalue weighted by Crippen LogP contribution is -2.23. The van der Waals surface area contributed by atoms with E-state index in [1.807, 2.05) is 24.3 Å². The highest BCUT2D eigenvalue weighted by Crippen LogP contribution is 2.21. The minimum Gasteiger partial charge on any atom is -0.372 e. The molecule has 1 fully saturated rings. The summed E-state index contributed by atoms with van der Waals surface area (Å²) < 4.78 is 0.